The molecule has 0 aliphatic heterocycles. The molecule has 0 saturated carbocycles. The van der Waals surface area contributed by atoms with Gasteiger partial charge in [-0.2, -0.15) is 0 Å². The summed E-state index contributed by atoms with van der Waals surface area (Å²) < 4.78 is 26.7. The van der Waals surface area contributed by atoms with Gasteiger partial charge in [-0.1, -0.05) is 11.6 Å². The van der Waals surface area contributed by atoms with E-state index in [0.717, 1.165) is 0 Å². The highest BCUT2D eigenvalue weighted by atomic mass is 35.5. The number of fused-ring (bicyclic) bond motifs is 1. The third-order valence-corrected chi connectivity index (χ3v) is 4.33. The van der Waals surface area contributed by atoms with Gasteiger partial charge in [-0.3, -0.25) is 10.7 Å². The van der Waals surface area contributed by atoms with Gasteiger partial charge in [-0.15, -0.1) is 0 Å². The van der Waals surface area contributed by atoms with Crippen molar-refractivity contribution < 1.29 is 13.8 Å². The van der Waals surface area contributed by atoms with Gasteiger partial charge in [0.1, 0.15) is 11.6 Å². The molecule has 0 bridgehead atoms. The van der Waals surface area contributed by atoms with E-state index in [-0.39, 0.29) is 10.9 Å². The summed E-state index contributed by atoms with van der Waals surface area (Å²) in [6.45, 7) is 0.353. The molecule has 0 spiro atoms. The highest BCUT2D eigenvalue weighted by Crippen LogP contribution is 2.23. The Labute approximate surface area is 160 Å². The number of halogens is 2. The Morgan fingerprint density at radius 2 is 2.26 bits per heavy atom. The minimum atomic E-state index is -1.60. The van der Waals surface area contributed by atoms with E-state index >= 15 is 0 Å². The lowest BCUT2D eigenvalue weighted by molar-refractivity contribution is 0.235. The van der Waals surface area contributed by atoms with Crippen molar-refractivity contribution in [3.05, 3.63) is 52.7 Å². The SMILES string of the molecule is NS(=O)NCCc1nc2nccc(C(=Nc3ccc(F)c(Cl)c3)NO)c2[nH]1. The molecular formula is C15H15ClFN7O2S. The number of hydroxylamine groups is 1. The smallest absolute Gasteiger partial charge is 0.178 e. The predicted molar refractivity (Wildman–Crippen MR) is 100 cm³/mol. The van der Waals surface area contributed by atoms with Crippen molar-refractivity contribution in [3.63, 3.8) is 0 Å². The number of amidine groups is 1. The standard InChI is InChI=1S/C15H15ClFN7O2S/c16-10-7-8(1-2-11(10)17)21-14(24-25)9-3-5-19-15-13(9)22-12(23-15)4-6-20-27(18)26/h1-3,5,7,20,25H,4,6,18H2,(H,21,24)(H,19,22,23). The molecule has 6 N–H and O–H groups in total. The fourth-order valence-electron chi connectivity index (χ4n) is 2.37. The second-order valence-electron chi connectivity index (χ2n) is 5.35. The van der Waals surface area contributed by atoms with E-state index in [1.807, 2.05) is 5.48 Å². The van der Waals surface area contributed by atoms with Crippen molar-refractivity contribution in [2.24, 2.45) is 10.1 Å². The molecule has 2 heterocycles. The Balaban J connectivity index is 1.95. The van der Waals surface area contributed by atoms with Crippen molar-refractivity contribution in [2.45, 2.75) is 6.42 Å². The molecule has 0 amide bonds. The number of hydrogen-bond donors (Lipinski definition) is 5. The topological polar surface area (TPSA) is 141 Å². The fourth-order valence-corrected chi connectivity index (χ4v) is 2.85. The van der Waals surface area contributed by atoms with E-state index in [1.165, 1.54) is 24.4 Å². The first-order valence-corrected chi connectivity index (χ1v) is 9.24. The zero-order chi connectivity index (χ0) is 19.4. The molecule has 1 atom stereocenters. The summed E-state index contributed by atoms with van der Waals surface area (Å²) in [6.07, 6.45) is 1.95. The van der Waals surface area contributed by atoms with Gasteiger partial charge in [0.05, 0.1) is 16.2 Å². The highest BCUT2D eigenvalue weighted by molar-refractivity contribution is 7.80. The number of nitrogens with two attached hydrogens (primary N) is 1. The molecule has 0 aliphatic rings. The molecule has 0 fully saturated rings. The second kappa shape index (κ2) is 8.50. The normalized spacial score (nSPS) is 13.1. The van der Waals surface area contributed by atoms with E-state index < -0.39 is 17.0 Å². The van der Waals surface area contributed by atoms with Crippen LogP contribution in [0, 0.1) is 5.82 Å². The van der Waals surface area contributed by atoms with Gasteiger partial charge in [0.25, 0.3) is 0 Å². The number of aromatic amines is 1. The lowest BCUT2D eigenvalue weighted by atomic mass is 10.2. The van der Waals surface area contributed by atoms with Gasteiger partial charge in [-0.25, -0.2) is 33.4 Å². The van der Waals surface area contributed by atoms with E-state index in [1.54, 1.807) is 6.07 Å². The third kappa shape index (κ3) is 4.64. The average Bonchev–Trinajstić information content (AvgIpc) is 3.05. The fraction of sp³-hybridized carbons (Fsp3) is 0.133. The minimum absolute atomic E-state index is 0.0815. The van der Waals surface area contributed by atoms with Crippen LogP contribution in [-0.2, 0) is 17.6 Å². The van der Waals surface area contributed by atoms with Crippen LogP contribution in [0.5, 0.6) is 0 Å². The predicted octanol–water partition coefficient (Wildman–Crippen LogP) is 1.48. The molecule has 0 aliphatic carbocycles. The van der Waals surface area contributed by atoms with Crippen molar-refractivity contribution >= 4 is 45.5 Å². The van der Waals surface area contributed by atoms with Crippen molar-refractivity contribution in [3.8, 4) is 0 Å². The summed E-state index contributed by atoms with van der Waals surface area (Å²) in [6, 6.07) is 5.57. The average molecular weight is 412 g/mol. The number of aromatic nitrogens is 3. The first-order valence-electron chi connectivity index (χ1n) is 7.65. The number of benzene rings is 1. The number of imidazole rings is 1. The summed E-state index contributed by atoms with van der Waals surface area (Å²) in [5.74, 6) is 0.122. The maximum Gasteiger partial charge on any atom is 0.178 e. The quantitative estimate of drug-likeness (QED) is 0.237. The van der Waals surface area contributed by atoms with Crippen LogP contribution < -0.4 is 15.3 Å². The maximum atomic E-state index is 13.3. The molecule has 12 heteroatoms. The van der Waals surface area contributed by atoms with Crippen LogP contribution in [0.4, 0.5) is 10.1 Å². The van der Waals surface area contributed by atoms with Crippen molar-refractivity contribution in [1.82, 2.24) is 25.2 Å². The number of nitrogens with one attached hydrogen (secondary N) is 3. The van der Waals surface area contributed by atoms with Crippen LogP contribution in [0.2, 0.25) is 5.02 Å². The molecule has 27 heavy (non-hydrogen) atoms. The van der Waals surface area contributed by atoms with E-state index in [4.69, 9.17) is 16.7 Å². The minimum Gasteiger partial charge on any atom is -0.340 e. The van der Waals surface area contributed by atoms with Crippen LogP contribution in [-0.4, -0.2) is 36.7 Å². The van der Waals surface area contributed by atoms with Crippen molar-refractivity contribution in [2.75, 3.05) is 6.54 Å². The van der Waals surface area contributed by atoms with Gasteiger partial charge in [0, 0.05) is 24.7 Å². The van der Waals surface area contributed by atoms with Gasteiger partial charge in [-0.05, 0) is 24.3 Å². The van der Waals surface area contributed by atoms with Gasteiger partial charge < -0.3 is 4.98 Å². The Morgan fingerprint density at radius 1 is 1.44 bits per heavy atom. The maximum absolute atomic E-state index is 13.3. The molecule has 142 valence electrons. The van der Waals surface area contributed by atoms with Crippen LogP contribution in [0.1, 0.15) is 11.4 Å². The molecule has 3 rings (SSSR count). The third-order valence-electron chi connectivity index (χ3n) is 3.55. The molecule has 2 aromatic heterocycles. The first kappa shape index (κ1) is 19.3. The van der Waals surface area contributed by atoms with Crippen LogP contribution in [0.3, 0.4) is 0 Å². The molecule has 1 unspecified atom stereocenters. The number of hydrogen-bond acceptors (Lipinski definition) is 5. The summed E-state index contributed by atoms with van der Waals surface area (Å²) in [7, 11) is 0. The van der Waals surface area contributed by atoms with Crippen LogP contribution in [0.15, 0.2) is 35.5 Å². The highest BCUT2D eigenvalue weighted by Gasteiger charge is 2.13. The summed E-state index contributed by atoms with van der Waals surface area (Å²) in [5, 5.41) is 14.6. The molecule has 3 aromatic rings. The Kier molecular flexibility index (Phi) is 6.08. The number of H-pyrrole nitrogens is 1. The van der Waals surface area contributed by atoms with Crippen LogP contribution >= 0.6 is 11.6 Å². The molecule has 0 saturated heterocycles. The Hall–Kier alpha value is -2.44. The van der Waals surface area contributed by atoms with E-state index in [9.17, 15) is 13.8 Å². The summed E-state index contributed by atoms with van der Waals surface area (Å²) in [5.41, 5.74) is 3.82. The summed E-state index contributed by atoms with van der Waals surface area (Å²) >= 11 is 4.16. The van der Waals surface area contributed by atoms with Gasteiger partial charge in [0.2, 0.25) is 0 Å². The number of pyridine rings is 1. The second-order valence-corrected chi connectivity index (χ2v) is 6.64. The van der Waals surface area contributed by atoms with E-state index in [0.29, 0.717) is 41.2 Å². The van der Waals surface area contributed by atoms with Crippen molar-refractivity contribution in [1.29, 1.82) is 0 Å². The molecular weight excluding hydrogens is 397 g/mol. The van der Waals surface area contributed by atoms with Crippen LogP contribution in [0.25, 0.3) is 11.2 Å². The zero-order valence-corrected chi connectivity index (χ0v) is 15.3. The molecule has 9 nitrogen and oxygen atoms in total. The lowest BCUT2D eigenvalue weighted by Crippen LogP contribution is -2.26. The first-order chi connectivity index (χ1) is 13.0. The number of nitrogens with zero attached hydrogens (tertiary/aromatic N) is 3. The monoisotopic (exact) mass is 411 g/mol. The zero-order valence-electron chi connectivity index (χ0n) is 13.7. The lowest BCUT2D eigenvalue weighted by Gasteiger charge is -2.06. The Bertz CT molecular complexity index is 1030. The molecule has 1 aromatic carbocycles. The van der Waals surface area contributed by atoms with Gasteiger partial charge >= 0.3 is 0 Å². The Morgan fingerprint density at radius 3 is 2.96 bits per heavy atom. The van der Waals surface area contributed by atoms with Gasteiger partial charge in [0.15, 0.2) is 22.7 Å². The molecule has 0 radical (unpaired) electrons. The summed E-state index contributed by atoms with van der Waals surface area (Å²) in [4.78, 5) is 15.9. The largest absolute Gasteiger partial charge is 0.340 e. The van der Waals surface area contributed by atoms with E-state index in [2.05, 4.69) is 24.7 Å². The number of aliphatic imine (C=N–C) groups is 1. The number of rotatable bonds is 6.